The molecule has 0 bridgehead atoms. The van der Waals surface area contributed by atoms with Gasteiger partial charge in [0.15, 0.2) is 0 Å². The number of amides is 1. The molecule has 4 nitrogen and oxygen atoms in total. The van der Waals surface area contributed by atoms with E-state index in [4.69, 9.17) is 5.84 Å². The lowest BCUT2D eigenvalue weighted by Gasteiger charge is -2.22. The van der Waals surface area contributed by atoms with Crippen LogP contribution in [0.25, 0.3) is 0 Å². The molecule has 0 saturated heterocycles. The molecular weight excluding hydrogens is 226 g/mol. The number of rotatable bonds is 5. The number of nitrogens with zero attached hydrogens (tertiary/aromatic N) is 1. The summed E-state index contributed by atoms with van der Waals surface area (Å²) >= 11 is 0. The van der Waals surface area contributed by atoms with Gasteiger partial charge in [-0.3, -0.25) is 10.6 Å². The second kappa shape index (κ2) is 6.40. The van der Waals surface area contributed by atoms with E-state index in [1.807, 2.05) is 32.2 Å². The van der Waals surface area contributed by atoms with Crippen molar-refractivity contribution in [2.45, 2.75) is 27.2 Å². The lowest BCUT2D eigenvalue weighted by atomic mass is 10.1. The van der Waals surface area contributed by atoms with Gasteiger partial charge < -0.3 is 10.3 Å². The second-order valence-corrected chi connectivity index (χ2v) is 4.89. The number of carbonyl (C=O) groups excluding carboxylic acids is 1. The van der Waals surface area contributed by atoms with Crippen LogP contribution < -0.4 is 11.3 Å². The number of hydrogen-bond acceptors (Lipinski definition) is 3. The van der Waals surface area contributed by atoms with E-state index in [9.17, 15) is 4.79 Å². The van der Waals surface area contributed by atoms with Gasteiger partial charge in [0.2, 0.25) is 0 Å². The Bertz CT molecular complexity index is 418. The van der Waals surface area contributed by atoms with Crippen molar-refractivity contribution in [3.05, 3.63) is 29.3 Å². The van der Waals surface area contributed by atoms with E-state index in [1.54, 1.807) is 4.90 Å². The molecule has 1 aromatic carbocycles. The Kier molecular flexibility index (Phi) is 5.16. The maximum absolute atomic E-state index is 12.4. The molecule has 3 N–H and O–H groups in total. The first-order valence-electron chi connectivity index (χ1n) is 6.32. The first-order chi connectivity index (χ1) is 8.49. The number of hydrazine groups is 1. The van der Waals surface area contributed by atoms with Crippen LogP contribution in [0.4, 0.5) is 5.69 Å². The number of carbonyl (C=O) groups is 1. The Morgan fingerprint density at radius 2 is 2.17 bits per heavy atom. The van der Waals surface area contributed by atoms with Crippen molar-refractivity contribution in [3.63, 3.8) is 0 Å². The van der Waals surface area contributed by atoms with Crippen LogP contribution in [0.3, 0.4) is 0 Å². The summed E-state index contributed by atoms with van der Waals surface area (Å²) in [6, 6.07) is 5.63. The zero-order valence-corrected chi connectivity index (χ0v) is 11.7. The zero-order chi connectivity index (χ0) is 13.7. The van der Waals surface area contributed by atoms with Gasteiger partial charge in [-0.2, -0.15) is 0 Å². The number of nitrogens with one attached hydrogen (secondary N) is 1. The third-order valence-electron chi connectivity index (χ3n) is 3.19. The summed E-state index contributed by atoms with van der Waals surface area (Å²) in [6.45, 7) is 6.99. The third kappa shape index (κ3) is 3.47. The molecule has 0 aliphatic carbocycles. The van der Waals surface area contributed by atoms with Gasteiger partial charge in [0, 0.05) is 13.6 Å². The number of anilines is 1. The molecule has 1 unspecified atom stereocenters. The lowest BCUT2D eigenvalue weighted by Crippen LogP contribution is -2.31. The first kappa shape index (κ1) is 14.5. The average Bonchev–Trinajstić information content (AvgIpc) is 2.37. The lowest BCUT2D eigenvalue weighted by molar-refractivity contribution is 0.0775. The summed E-state index contributed by atoms with van der Waals surface area (Å²) in [5.74, 6) is 5.95. The highest BCUT2D eigenvalue weighted by Crippen LogP contribution is 2.18. The van der Waals surface area contributed by atoms with Gasteiger partial charge in [-0.25, -0.2) is 0 Å². The van der Waals surface area contributed by atoms with Crippen LogP contribution in [0.1, 0.15) is 36.2 Å². The Hall–Kier alpha value is -1.55. The summed E-state index contributed by atoms with van der Waals surface area (Å²) in [7, 11) is 1.83. The molecule has 0 aliphatic rings. The highest BCUT2D eigenvalue weighted by atomic mass is 16.2. The normalized spacial score (nSPS) is 12.1. The molecule has 1 rings (SSSR count). The second-order valence-electron chi connectivity index (χ2n) is 4.89. The Morgan fingerprint density at radius 1 is 1.50 bits per heavy atom. The monoisotopic (exact) mass is 249 g/mol. The van der Waals surface area contributed by atoms with Gasteiger partial charge in [-0.05, 0) is 25.0 Å². The van der Waals surface area contributed by atoms with E-state index in [2.05, 4.69) is 19.3 Å². The zero-order valence-electron chi connectivity index (χ0n) is 11.7. The number of hydrogen-bond donors (Lipinski definition) is 2. The fraction of sp³-hybridized carbons (Fsp3) is 0.500. The van der Waals surface area contributed by atoms with Crippen LogP contribution >= 0.6 is 0 Å². The van der Waals surface area contributed by atoms with Crippen molar-refractivity contribution in [3.8, 4) is 0 Å². The fourth-order valence-electron chi connectivity index (χ4n) is 1.85. The highest BCUT2D eigenvalue weighted by molar-refractivity contribution is 5.99. The van der Waals surface area contributed by atoms with Gasteiger partial charge in [0.25, 0.3) is 5.91 Å². The van der Waals surface area contributed by atoms with E-state index in [1.165, 1.54) is 0 Å². The van der Waals surface area contributed by atoms with Gasteiger partial charge in [-0.1, -0.05) is 31.9 Å². The molecule has 1 amide bonds. The smallest absolute Gasteiger partial charge is 0.255 e. The Balaban J connectivity index is 2.92. The average molecular weight is 249 g/mol. The predicted octanol–water partition coefficient (Wildman–Crippen LogP) is 2.40. The molecule has 0 radical (unpaired) electrons. The van der Waals surface area contributed by atoms with Crippen molar-refractivity contribution in [2.75, 3.05) is 19.0 Å². The van der Waals surface area contributed by atoms with Crippen molar-refractivity contribution in [1.29, 1.82) is 0 Å². The summed E-state index contributed by atoms with van der Waals surface area (Å²) in [6.07, 6.45) is 1.06. The Labute approximate surface area is 109 Å². The maximum atomic E-state index is 12.4. The van der Waals surface area contributed by atoms with Crippen LogP contribution in [0.5, 0.6) is 0 Å². The molecule has 100 valence electrons. The van der Waals surface area contributed by atoms with Crippen molar-refractivity contribution in [1.82, 2.24) is 4.90 Å². The largest absolute Gasteiger partial charge is 0.341 e. The molecule has 0 fully saturated rings. The van der Waals surface area contributed by atoms with Crippen LogP contribution in [-0.2, 0) is 0 Å². The number of benzene rings is 1. The molecule has 0 aromatic heterocycles. The van der Waals surface area contributed by atoms with Gasteiger partial charge in [0.05, 0.1) is 11.3 Å². The standard InChI is InChI=1S/C14H23N3O/c1-5-10(2)9-17(4)14(18)12-8-11(3)6-7-13(12)16-15/h6-8,10,16H,5,9,15H2,1-4H3. The van der Waals surface area contributed by atoms with Crippen molar-refractivity contribution < 1.29 is 4.79 Å². The van der Waals surface area contributed by atoms with E-state index in [0.717, 1.165) is 18.5 Å². The van der Waals surface area contributed by atoms with Gasteiger partial charge in [0.1, 0.15) is 0 Å². The SMILES string of the molecule is CCC(C)CN(C)C(=O)c1cc(C)ccc1NN. The molecule has 0 aliphatic heterocycles. The molecule has 0 saturated carbocycles. The minimum Gasteiger partial charge on any atom is -0.341 e. The number of nitrogen functional groups attached to an aromatic ring is 1. The first-order valence-corrected chi connectivity index (χ1v) is 6.32. The van der Waals surface area contributed by atoms with Crippen LogP contribution in [0, 0.1) is 12.8 Å². The van der Waals surface area contributed by atoms with Gasteiger partial charge in [-0.15, -0.1) is 0 Å². The van der Waals surface area contributed by atoms with Crippen molar-refractivity contribution >= 4 is 11.6 Å². The third-order valence-corrected chi connectivity index (χ3v) is 3.19. The van der Waals surface area contributed by atoms with E-state index >= 15 is 0 Å². The minimum absolute atomic E-state index is 0.00644. The van der Waals surface area contributed by atoms with E-state index in [0.29, 0.717) is 17.2 Å². The number of aryl methyl sites for hydroxylation is 1. The molecule has 4 heteroatoms. The molecule has 18 heavy (non-hydrogen) atoms. The summed E-state index contributed by atoms with van der Waals surface area (Å²) in [4.78, 5) is 14.1. The topological polar surface area (TPSA) is 58.4 Å². The molecule has 1 atom stereocenters. The molecular formula is C14H23N3O. The molecule has 0 spiro atoms. The summed E-state index contributed by atoms with van der Waals surface area (Å²) in [5.41, 5.74) is 4.92. The van der Waals surface area contributed by atoms with Crippen LogP contribution in [0.15, 0.2) is 18.2 Å². The van der Waals surface area contributed by atoms with Crippen LogP contribution in [0.2, 0.25) is 0 Å². The minimum atomic E-state index is 0.00644. The maximum Gasteiger partial charge on any atom is 0.255 e. The van der Waals surface area contributed by atoms with Crippen LogP contribution in [-0.4, -0.2) is 24.4 Å². The summed E-state index contributed by atoms with van der Waals surface area (Å²) < 4.78 is 0. The van der Waals surface area contributed by atoms with E-state index < -0.39 is 0 Å². The quantitative estimate of drug-likeness (QED) is 0.622. The Morgan fingerprint density at radius 3 is 2.72 bits per heavy atom. The highest BCUT2D eigenvalue weighted by Gasteiger charge is 2.17. The fourth-order valence-corrected chi connectivity index (χ4v) is 1.85. The number of nitrogens with two attached hydrogens (primary N) is 1. The predicted molar refractivity (Wildman–Crippen MR) is 75.4 cm³/mol. The van der Waals surface area contributed by atoms with Gasteiger partial charge >= 0.3 is 0 Å². The van der Waals surface area contributed by atoms with E-state index in [-0.39, 0.29) is 5.91 Å². The molecule has 0 heterocycles. The molecule has 1 aromatic rings. The summed E-state index contributed by atoms with van der Waals surface area (Å²) in [5, 5.41) is 0. The van der Waals surface area contributed by atoms with Crippen molar-refractivity contribution in [2.24, 2.45) is 11.8 Å².